The lowest BCUT2D eigenvalue weighted by Crippen LogP contribution is -2.32. The van der Waals surface area contributed by atoms with Gasteiger partial charge in [-0.3, -0.25) is 10.1 Å². The van der Waals surface area contributed by atoms with E-state index in [2.05, 4.69) is 0 Å². The van der Waals surface area contributed by atoms with Gasteiger partial charge in [-0.1, -0.05) is 13.0 Å². The van der Waals surface area contributed by atoms with E-state index in [1.165, 1.54) is 29.4 Å². The molecule has 0 aromatic heterocycles. The van der Waals surface area contributed by atoms with Gasteiger partial charge in [0.15, 0.2) is 0 Å². The van der Waals surface area contributed by atoms with E-state index in [4.69, 9.17) is 5.73 Å². The van der Waals surface area contributed by atoms with Crippen LogP contribution in [0.25, 0.3) is 0 Å². The Morgan fingerprint density at radius 2 is 2.00 bits per heavy atom. The Morgan fingerprint density at radius 1 is 1.38 bits per heavy atom. The van der Waals surface area contributed by atoms with E-state index in [9.17, 15) is 18.5 Å². The number of rotatable bonds is 3. The van der Waals surface area contributed by atoms with Gasteiger partial charge in [0.25, 0.3) is 5.69 Å². The van der Waals surface area contributed by atoms with Crippen molar-refractivity contribution in [1.29, 1.82) is 0 Å². The third kappa shape index (κ3) is 3.18. The highest BCUT2D eigenvalue weighted by molar-refractivity contribution is 7.89. The summed E-state index contributed by atoms with van der Waals surface area (Å²) in [5, 5.41) is 10.9. The summed E-state index contributed by atoms with van der Waals surface area (Å²) in [5.74, 6) is 0.0729. The predicted molar refractivity (Wildman–Crippen MR) is 81.0 cm³/mol. The first-order chi connectivity index (χ1) is 9.25. The zero-order chi connectivity index (χ0) is 15.1. The molecular formula is C12H18ClN3O4S. The number of nitro benzene ring substituents is 1. The quantitative estimate of drug-likeness (QED) is 0.661. The molecule has 2 atom stereocenters. The number of hydrogen-bond acceptors (Lipinski definition) is 5. The molecule has 1 aromatic carbocycles. The molecule has 2 unspecified atom stereocenters. The molecule has 0 bridgehead atoms. The molecule has 1 aliphatic rings. The summed E-state index contributed by atoms with van der Waals surface area (Å²) in [7, 11) is -3.74. The van der Waals surface area contributed by atoms with Crippen molar-refractivity contribution in [1.82, 2.24) is 4.31 Å². The molecule has 118 valence electrons. The second-order valence-corrected chi connectivity index (χ2v) is 7.03. The van der Waals surface area contributed by atoms with E-state index in [0.29, 0.717) is 6.54 Å². The van der Waals surface area contributed by atoms with Crippen molar-refractivity contribution >= 4 is 28.1 Å². The number of benzene rings is 1. The van der Waals surface area contributed by atoms with Crippen LogP contribution in [-0.4, -0.2) is 36.8 Å². The lowest BCUT2D eigenvalue weighted by atomic mass is 10.1. The Bertz CT molecular complexity index is 640. The molecule has 0 aliphatic carbocycles. The number of nitrogens with two attached hydrogens (primary N) is 1. The summed E-state index contributed by atoms with van der Waals surface area (Å²) in [6.07, 6.45) is 0. The molecule has 2 N–H and O–H groups in total. The molecule has 9 heteroatoms. The summed E-state index contributed by atoms with van der Waals surface area (Å²) in [6, 6.07) is 3.87. The lowest BCUT2D eigenvalue weighted by Gasteiger charge is -2.17. The van der Waals surface area contributed by atoms with E-state index in [1.54, 1.807) is 0 Å². The number of sulfonamides is 1. The van der Waals surface area contributed by atoms with Crippen LogP contribution in [-0.2, 0) is 10.0 Å². The van der Waals surface area contributed by atoms with Crippen molar-refractivity contribution in [3.8, 4) is 0 Å². The van der Waals surface area contributed by atoms with Gasteiger partial charge in [0, 0.05) is 30.8 Å². The van der Waals surface area contributed by atoms with Gasteiger partial charge >= 0.3 is 0 Å². The average Bonchev–Trinajstić information content (AvgIpc) is 2.70. The fourth-order valence-electron chi connectivity index (χ4n) is 2.36. The summed E-state index contributed by atoms with van der Waals surface area (Å²) < 4.78 is 26.4. The lowest BCUT2D eigenvalue weighted by molar-refractivity contribution is -0.385. The Kier molecular flexibility index (Phi) is 5.32. The fourth-order valence-corrected chi connectivity index (χ4v) is 4.18. The molecular weight excluding hydrogens is 318 g/mol. The van der Waals surface area contributed by atoms with Crippen molar-refractivity contribution in [2.75, 3.05) is 13.1 Å². The summed E-state index contributed by atoms with van der Waals surface area (Å²) >= 11 is 0. The van der Waals surface area contributed by atoms with Gasteiger partial charge < -0.3 is 5.73 Å². The van der Waals surface area contributed by atoms with Crippen LogP contribution in [0.2, 0.25) is 0 Å². The Balaban J connectivity index is 0.00000220. The molecule has 0 radical (unpaired) electrons. The van der Waals surface area contributed by atoms with Gasteiger partial charge in [-0.05, 0) is 18.9 Å². The molecule has 21 heavy (non-hydrogen) atoms. The monoisotopic (exact) mass is 335 g/mol. The Morgan fingerprint density at radius 3 is 2.48 bits per heavy atom. The highest BCUT2D eigenvalue weighted by Gasteiger charge is 2.36. The van der Waals surface area contributed by atoms with Crippen LogP contribution in [0.1, 0.15) is 12.5 Å². The third-order valence-electron chi connectivity index (χ3n) is 3.71. The van der Waals surface area contributed by atoms with Crippen molar-refractivity contribution in [3.05, 3.63) is 33.9 Å². The Labute approximate surface area is 129 Å². The molecule has 0 spiro atoms. The summed E-state index contributed by atoms with van der Waals surface area (Å²) in [5.41, 5.74) is 5.81. The van der Waals surface area contributed by atoms with Crippen LogP contribution in [0.3, 0.4) is 0 Å². The first-order valence-electron chi connectivity index (χ1n) is 6.25. The number of halogens is 1. The molecule has 0 saturated carbocycles. The first kappa shape index (κ1) is 17.8. The Hall–Kier alpha value is -1.22. The molecule has 7 nitrogen and oxygen atoms in total. The van der Waals surface area contributed by atoms with E-state index in [-0.39, 0.29) is 47.1 Å². The van der Waals surface area contributed by atoms with Crippen molar-refractivity contribution in [3.63, 3.8) is 0 Å². The molecule has 1 aromatic rings. The summed E-state index contributed by atoms with van der Waals surface area (Å²) in [4.78, 5) is 10.3. The maximum Gasteiger partial charge on any atom is 0.273 e. The van der Waals surface area contributed by atoms with Gasteiger partial charge in [-0.2, -0.15) is 4.31 Å². The van der Waals surface area contributed by atoms with E-state index >= 15 is 0 Å². The predicted octanol–water partition coefficient (Wildman–Crippen LogP) is 1.29. The first-order valence-corrected chi connectivity index (χ1v) is 7.69. The zero-order valence-corrected chi connectivity index (χ0v) is 13.4. The second kappa shape index (κ2) is 6.27. The SMILES string of the molecule is Cc1c([N+](=O)[O-])cccc1S(=O)(=O)N1CC(C)C(N)C1.Cl. The van der Waals surface area contributed by atoms with Gasteiger partial charge in [0.2, 0.25) is 10.0 Å². The average molecular weight is 336 g/mol. The third-order valence-corrected chi connectivity index (χ3v) is 5.68. The highest BCUT2D eigenvalue weighted by atomic mass is 35.5. The maximum atomic E-state index is 12.6. The summed E-state index contributed by atoms with van der Waals surface area (Å²) in [6.45, 7) is 3.92. The van der Waals surface area contributed by atoms with Gasteiger partial charge in [0.05, 0.1) is 9.82 Å². The van der Waals surface area contributed by atoms with Crippen LogP contribution >= 0.6 is 12.4 Å². The van der Waals surface area contributed by atoms with Gasteiger partial charge in [0.1, 0.15) is 0 Å². The van der Waals surface area contributed by atoms with E-state index in [0.717, 1.165) is 0 Å². The smallest absolute Gasteiger partial charge is 0.273 e. The number of nitro groups is 1. The van der Waals surface area contributed by atoms with E-state index in [1.807, 2.05) is 6.92 Å². The fraction of sp³-hybridized carbons (Fsp3) is 0.500. The highest BCUT2D eigenvalue weighted by Crippen LogP contribution is 2.29. The van der Waals surface area contributed by atoms with Crippen molar-refractivity contribution < 1.29 is 13.3 Å². The number of nitrogens with zero attached hydrogens (tertiary/aromatic N) is 2. The normalized spacial score (nSPS) is 22.8. The largest absolute Gasteiger partial charge is 0.326 e. The molecule has 1 aliphatic heterocycles. The van der Waals surface area contributed by atoms with E-state index < -0.39 is 14.9 Å². The standard InChI is InChI=1S/C12H17N3O4S.ClH/c1-8-6-14(7-10(8)13)20(18,19)12-5-3-4-11(9(12)2)15(16)17;/h3-5,8,10H,6-7,13H2,1-2H3;1H. The van der Waals surface area contributed by atoms with Gasteiger partial charge in [-0.15, -0.1) is 12.4 Å². The molecule has 2 rings (SSSR count). The second-order valence-electron chi connectivity index (χ2n) is 5.12. The van der Waals surface area contributed by atoms with Crippen LogP contribution in [0.15, 0.2) is 23.1 Å². The van der Waals surface area contributed by atoms with Crippen LogP contribution in [0.5, 0.6) is 0 Å². The maximum absolute atomic E-state index is 12.6. The van der Waals surface area contributed by atoms with Crippen LogP contribution < -0.4 is 5.73 Å². The topological polar surface area (TPSA) is 107 Å². The van der Waals surface area contributed by atoms with Gasteiger partial charge in [-0.25, -0.2) is 8.42 Å². The molecule has 0 amide bonds. The minimum Gasteiger partial charge on any atom is -0.326 e. The van der Waals surface area contributed by atoms with Crippen LogP contribution in [0, 0.1) is 23.0 Å². The minimum atomic E-state index is -3.74. The minimum absolute atomic E-state index is 0. The molecule has 1 fully saturated rings. The van der Waals surface area contributed by atoms with Crippen molar-refractivity contribution in [2.24, 2.45) is 11.7 Å². The molecule has 1 heterocycles. The van der Waals surface area contributed by atoms with Crippen LogP contribution in [0.4, 0.5) is 5.69 Å². The zero-order valence-electron chi connectivity index (χ0n) is 11.7. The number of hydrogen-bond donors (Lipinski definition) is 1. The molecule has 1 saturated heterocycles. The van der Waals surface area contributed by atoms with Crippen molar-refractivity contribution in [2.45, 2.75) is 24.8 Å².